The number of nitrogens with zero attached hydrogens (tertiary/aromatic N) is 3. The number of amides is 1. The van der Waals surface area contributed by atoms with Crippen LogP contribution in [0.5, 0.6) is 0 Å². The summed E-state index contributed by atoms with van der Waals surface area (Å²) in [4.78, 5) is 18.1. The van der Waals surface area contributed by atoms with Gasteiger partial charge in [0.25, 0.3) is 0 Å². The highest BCUT2D eigenvalue weighted by Crippen LogP contribution is 2.37. The van der Waals surface area contributed by atoms with E-state index in [1.807, 2.05) is 36.1 Å². The first kappa shape index (κ1) is 15.4. The van der Waals surface area contributed by atoms with E-state index in [4.69, 9.17) is 11.6 Å². The Morgan fingerprint density at radius 2 is 2.21 bits per heavy atom. The molecule has 7 heteroatoms. The van der Waals surface area contributed by atoms with E-state index in [-0.39, 0.29) is 12.3 Å². The molecule has 1 aliphatic carbocycles. The van der Waals surface area contributed by atoms with Crippen LogP contribution < -0.4 is 5.32 Å². The van der Waals surface area contributed by atoms with E-state index in [1.54, 1.807) is 6.07 Å². The van der Waals surface area contributed by atoms with Gasteiger partial charge in [-0.3, -0.25) is 9.48 Å². The second kappa shape index (κ2) is 6.03. The summed E-state index contributed by atoms with van der Waals surface area (Å²) in [6, 6.07) is 7.37. The summed E-state index contributed by atoms with van der Waals surface area (Å²) >= 11 is 7.65. The van der Waals surface area contributed by atoms with Gasteiger partial charge in [-0.2, -0.15) is 5.10 Å². The Morgan fingerprint density at radius 1 is 1.38 bits per heavy atom. The Kier molecular flexibility index (Phi) is 3.86. The number of halogens is 1. The molecule has 0 unspecified atom stereocenters. The molecule has 1 N–H and O–H groups in total. The third kappa shape index (κ3) is 2.72. The number of hydrogen-bond donors (Lipinski definition) is 1. The third-order valence-electron chi connectivity index (χ3n) is 4.16. The first-order chi connectivity index (χ1) is 11.6. The van der Waals surface area contributed by atoms with Crippen LogP contribution in [0.15, 0.2) is 30.5 Å². The van der Waals surface area contributed by atoms with E-state index in [2.05, 4.69) is 15.4 Å². The van der Waals surface area contributed by atoms with Crippen LogP contribution in [-0.4, -0.2) is 20.7 Å². The molecule has 3 aromatic rings. The van der Waals surface area contributed by atoms with E-state index in [0.717, 1.165) is 29.7 Å². The molecule has 5 nitrogen and oxygen atoms in total. The van der Waals surface area contributed by atoms with E-state index < -0.39 is 0 Å². The molecule has 2 aromatic heterocycles. The lowest BCUT2D eigenvalue weighted by atomic mass is 10.0. The Balaban J connectivity index is 1.54. The topological polar surface area (TPSA) is 59.8 Å². The smallest absolute Gasteiger partial charge is 0.230 e. The van der Waals surface area contributed by atoms with Crippen molar-refractivity contribution >= 4 is 34.0 Å². The molecular formula is C17H15ClN4OS. The third-order valence-corrected chi connectivity index (χ3v) is 5.56. The quantitative estimate of drug-likeness (QED) is 0.779. The summed E-state index contributed by atoms with van der Waals surface area (Å²) in [5.41, 5.74) is 4.03. The van der Waals surface area contributed by atoms with Gasteiger partial charge in [0.2, 0.25) is 5.91 Å². The fourth-order valence-corrected chi connectivity index (χ4v) is 4.15. The van der Waals surface area contributed by atoms with Crippen LogP contribution in [0.25, 0.3) is 11.3 Å². The van der Waals surface area contributed by atoms with Crippen molar-refractivity contribution in [3.05, 3.63) is 51.6 Å². The number of rotatable bonds is 3. The second-order valence-corrected chi connectivity index (χ2v) is 7.23. The molecule has 0 spiro atoms. The van der Waals surface area contributed by atoms with Crippen molar-refractivity contribution in [1.29, 1.82) is 0 Å². The number of thiazole rings is 1. The van der Waals surface area contributed by atoms with Crippen molar-refractivity contribution in [3.63, 3.8) is 0 Å². The lowest BCUT2D eigenvalue weighted by molar-refractivity contribution is -0.115. The van der Waals surface area contributed by atoms with E-state index in [0.29, 0.717) is 10.2 Å². The molecule has 1 amide bonds. The zero-order valence-corrected chi connectivity index (χ0v) is 14.6. The molecule has 0 saturated carbocycles. The minimum atomic E-state index is -0.111. The number of nitrogens with one attached hydrogen (secondary N) is 1. The number of fused-ring (bicyclic) bond motifs is 3. The number of aryl methyl sites for hydroxylation is 2. The summed E-state index contributed by atoms with van der Waals surface area (Å²) in [5.74, 6) is -0.111. The SMILES string of the molecule is Cn1ncc2c1CCc1sc(NC(=O)Cc3ccccc3Cl)nc1-2. The Bertz CT molecular complexity index is 931. The highest BCUT2D eigenvalue weighted by molar-refractivity contribution is 7.16. The molecule has 1 aliphatic rings. The molecule has 4 rings (SSSR count). The highest BCUT2D eigenvalue weighted by Gasteiger charge is 2.24. The molecule has 0 saturated heterocycles. The van der Waals surface area contributed by atoms with Gasteiger partial charge in [0.1, 0.15) is 0 Å². The van der Waals surface area contributed by atoms with Crippen molar-refractivity contribution in [2.75, 3.05) is 5.32 Å². The van der Waals surface area contributed by atoms with Crippen LogP contribution >= 0.6 is 22.9 Å². The summed E-state index contributed by atoms with van der Waals surface area (Å²) in [7, 11) is 1.95. The number of anilines is 1. The van der Waals surface area contributed by atoms with Crippen LogP contribution in [0.4, 0.5) is 5.13 Å². The molecule has 0 aliphatic heterocycles. The maximum absolute atomic E-state index is 12.3. The van der Waals surface area contributed by atoms with Crippen LogP contribution in [0, 0.1) is 0 Å². The average molecular weight is 359 g/mol. The van der Waals surface area contributed by atoms with Gasteiger partial charge in [-0.15, -0.1) is 11.3 Å². The minimum Gasteiger partial charge on any atom is -0.302 e. The van der Waals surface area contributed by atoms with Crippen LogP contribution in [-0.2, 0) is 31.1 Å². The van der Waals surface area contributed by atoms with Gasteiger partial charge in [-0.1, -0.05) is 29.8 Å². The molecule has 24 heavy (non-hydrogen) atoms. The standard InChI is InChI=1S/C17H15ClN4OS/c1-22-13-6-7-14-16(11(13)9-19-22)21-17(24-14)20-15(23)8-10-4-2-3-5-12(10)18/h2-5,9H,6-8H2,1H3,(H,20,21,23). The van der Waals surface area contributed by atoms with Crippen molar-refractivity contribution in [2.45, 2.75) is 19.3 Å². The molecule has 0 atom stereocenters. The molecule has 1 aromatic carbocycles. The minimum absolute atomic E-state index is 0.111. The fraction of sp³-hybridized carbons (Fsp3) is 0.235. The zero-order chi connectivity index (χ0) is 16.7. The number of aromatic nitrogens is 3. The zero-order valence-electron chi connectivity index (χ0n) is 13.0. The highest BCUT2D eigenvalue weighted by atomic mass is 35.5. The van der Waals surface area contributed by atoms with Crippen molar-refractivity contribution in [3.8, 4) is 11.3 Å². The lowest BCUT2D eigenvalue weighted by Crippen LogP contribution is -2.14. The number of benzene rings is 1. The number of hydrogen-bond acceptors (Lipinski definition) is 4. The maximum Gasteiger partial charge on any atom is 0.230 e. The normalized spacial score (nSPS) is 12.6. The van der Waals surface area contributed by atoms with Gasteiger partial charge in [-0.05, 0) is 24.5 Å². The predicted molar refractivity (Wildman–Crippen MR) is 95.5 cm³/mol. The summed E-state index contributed by atoms with van der Waals surface area (Å²) < 4.78 is 1.90. The van der Waals surface area contributed by atoms with E-state index in [1.165, 1.54) is 21.9 Å². The average Bonchev–Trinajstić information content (AvgIpc) is 3.12. The first-order valence-corrected chi connectivity index (χ1v) is 8.85. The maximum atomic E-state index is 12.3. The van der Waals surface area contributed by atoms with Gasteiger partial charge < -0.3 is 5.32 Å². The first-order valence-electron chi connectivity index (χ1n) is 7.66. The Morgan fingerprint density at radius 3 is 3.04 bits per heavy atom. The summed E-state index contributed by atoms with van der Waals surface area (Å²) in [5, 5.41) is 8.44. The Labute approximate surface area is 148 Å². The van der Waals surface area contributed by atoms with Crippen molar-refractivity contribution in [1.82, 2.24) is 14.8 Å². The van der Waals surface area contributed by atoms with Gasteiger partial charge in [0.05, 0.1) is 18.3 Å². The van der Waals surface area contributed by atoms with Gasteiger partial charge in [-0.25, -0.2) is 4.98 Å². The summed E-state index contributed by atoms with van der Waals surface area (Å²) in [6.45, 7) is 0. The summed E-state index contributed by atoms with van der Waals surface area (Å²) in [6.07, 6.45) is 3.97. The predicted octanol–water partition coefficient (Wildman–Crippen LogP) is 3.48. The van der Waals surface area contributed by atoms with Crippen molar-refractivity contribution in [2.24, 2.45) is 7.05 Å². The molecule has 0 fully saturated rings. The van der Waals surface area contributed by atoms with E-state index >= 15 is 0 Å². The fourth-order valence-electron chi connectivity index (χ4n) is 2.95. The lowest BCUT2D eigenvalue weighted by Gasteiger charge is -2.10. The van der Waals surface area contributed by atoms with Crippen LogP contribution in [0.2, 0.25) is 5.02 Å². The molecule has 0 bridgehead atoms. The van der Waals surface area contributed by atoms with Gasteiger partial charge >= 0.3 is 0 Å². The van der Waals surface area contributed by atoms with E-state index in [9.17, 15) is 4.79 Å². The molecule has 2 heterocycles. The van der Waals surface area contributed by atoms with Crippen molar-refractivity contribution < 1.29 is 4.79 Å². The molecular weight excluding hydrogens is 344 g/mol. The molecule has 122 valence electrons. The second-order valence-electron chi connectivity index (χ2n) is 5.74. The Hall–Kier alpha value is -2.18. The van der Waals surface area contributed by atoms with Gasteiger partial charge in [0, 0.05) is 28.2 Å². The van der Waals surface area contributed by atoms with Crippen LogP contribution in [0.1, 0.15) is 16.1 Å². The largest absolute Gasteiger partial charge is 0.302 e. The number of carbonyl (C=O) groups is 1. The van der Waals surface area contributed by atoms with Gasteiger partial charge in [0.15, 0.2) is 5.13 Å². The van der Waals surface area contributed by atoms with Crippen LogP contribution in [0.3, 0.4) is 0 Å². The monoisotopic (exact) mass is 358 g/mol. The number of carbonyl (C=O) groups excluding carboxylic acids is 1. The molecule has 0 radical (unpaired) electrons.